The van der Waals surface area contributed by atoms with E-state index >= 15 is 0 Å². The number of nitrogens with one attached hydrogen (secondary N) is 2. The van der Waals surface area contributed by atoms with Crippen LogP contribution >= 0.6 is 15.9 Å². The van der Waals surface area contributed by atoms with E-state index in [2.05, 4.69) is 33.5 Å². The molecule has 0 radical (unpaired) electrons. The SMILES string of the molecule is Cc1ccc(C(=O)NCC2(C)CCNCC2)c(Br)c1. The maximum Gasteiger partial charge on any atom is 0.252 e. The summed E-state index contributed by atoms with van der Waals surface area (Å²) < 4.78 is 0.862. The first-order chi connectivity index (χ1) is 9.00. The number of carbonyl (C=O) groups excluding carboxylic acids is 1. The molecular formula is C15H21BrN2O. The molecule has 1 aliphatic rings. The quantitative estimate of drug-likeness (QED) is 0.897. The molecule has 0 aromatic heterocycles. The molecule has 1 aromatic rings. The molecule has 1 fully saturated rings. The van der Waals surface area contributed by atoms with Gasteiger partial charge < -0.3 is 10.6 Å². The number of carbonyl (C=O) groups is 1. The monoisotopic (exact) mass is 324 g/mol. The number of rotatable bonds is 3. The second-order valence-electron chi connectivity index (χ2n) is 5.73. The van der Waals surface area contributed by atoms with E-state index in [1.165, 1.54) is 0 Å². The number of aryl methyl sites for hydroxylation is 1. The minimum absolute atomic E-state index is 0.00614. The van der Waals surface area contributed by atoms with Crippen molar-refractivity contribution < 1.29 is 4.79 Å². The molecule has 1 saturated heterocycles. The first kappa shape index (κ1) is 14.5. The maximum atomic E-state index is 12.2. The highest BCUT2D eigenvalue weighted by Crippen LogP contribution is 2.27. The van der Waals surface area contributed by atoms with Gasteiger partial charge in [-0.3, -0.25) is 4.79 Å². The summed E-state index contributed by atoms with van der Waals surface area (Å²) in [7, 11) is 0. The fourth-order valence-electron chi connectivity index (χ4n) is 2.40. The van der Waals surface area contributed by atoms with Gasteiger partial charge in [0.15, 0.2) is 0 Å². The molecule has 0 saturated carbocycles. The Bertz CT molecular complexity index is 467. The number of halogens is 1. The fraction of sp³-hybridized carbons (Fsp3) is 0.533. The molecule has 104 valence electrons. The predicted molar refractivity (Wildman–Crippen MR) is 81.4 cm³/mol. The summed E-state index contributed by atoms with van der Waals surface area (Å²) in [5.74, 6) is 0.00614. The summed E-state index contributed by atoms with van der Waals surface area (Å²) in [5.41, 5.74) is 2.08. The number of hydrogen-bond acceptors (Lipinski definition) is 2. The summed E-state index contributed by atoms with van der Waals surface area (Å²) in [6, 6.07) is 5.81. The van der Waals surface area contributed by atoms with Gasteiger partial charge in [-0.1, -0.05) is 13.0 Å². The highest BCUT2D eigenvalue weighted by Gasteiger charge is 2.27. The van der Waals surface area contributed by atoms with Crippen LogP contribution in [-0.2, 0) is 0 Å². The van der Waals surface area contributed by atoms with Crippen LogP contribution < -0.4 is 10.6 Å². The number of benzene rings is 1. The minimum atomic E-state index is 0.00614. The molecule has 2 rings (SSSR count). The van der Waals surface area contributed by atoms with Gasteiger partial charge in [0.25, 0.3) is 5.91 Å². The fourth-order valence-corrected chi connectivity index (χ4v) is 3.07. The highest BCUT2D eigenvalue weighted by atomic mass is 79.9. The van der Waals surface area contributed by atoms with Gasteiger partial charge in [0.2, 0.25) is 0 Å². The molecule has 0 unspecified atom stereocenters. The second-order valence-corrected chi connectivity index (χ2v) is 6.58. The van der Waals surface area contributed by atoms with Crippen molar-refractivity contribution in [3.63, 3.8) is 0 Å². The Balaban J connectivity index is 1.97. The van der Waals surface area contributed by atoms with E-state index in [9.17, 15) is 4.79 Å². The molecule has 3 nitrogen and oxygen atoms in total. The lowest BCUT2D eigenvalue weighted by Gasteiger charge is -2.34. The average Bonchev–Trinajstić information content (AvgIpc) is 2.37. The molecule has 2 N–H and O–H groups in total. The third kappa shape index (κ3) is 3.80. The van der Waals surface area contributed by atoms with Gasteiger partial charge >= 0.3 is 0 Å². The normalized spacial score (nSPS) is 18.1. The Morgan fingerprint density at radius 2 is 2.11 bits per heavy atom. The van der Waals surface area contributed by atoms with Gasteiger partial charge in [0, 0.05) is 11.0 Å². The zero-order valence-electron chi connectivity index (χ0n) is 11.6. The Morgan fingerprint density at radius 3 is 2.74 bits per heavy atom. The summed E-state index contributed by atoms with van der Waals surface area (Å²) in [4.78, 5) is 12.2. The van der Waals surface area contributed by atoms with E-state index < -0.39 is 0 Å². The van der Waals surface area contributed by atoms with Crippen LogP contribution in [0.3, 0.4) is 0 Å². The molecule has 1 aliphatic heterocycles. The van der Waals surface area contributed by atoms with E-state index in [0.717, 1.165) is 42.5 Å². The van der Waals surface area contributed by atoms with Gasteiger partial charge in [-0.05, 0) is 71.9 Å². The van der Waals surface area contributed by atoms with E-state index in [0.29, 0.717) is 5.56 Å². The molecule has 0 bridgehead atoms. The van der Waals surface area contributed by atoms with E-state index in [4.69, 9.17) is 0 Å². The molecule has 0 atom stereocenters. The molecular weight excluding hydrogens is 304 g/mol. The van der Waals surface area contributed by atoms with Crippen molar-refractivity contribution in [1.29, 1.82) is 0 Å². The lowest BCUT2D eigenvalue weighted by atomic mass is 9.81. The van der Waals surface area contributed by atoms with Crippen molar-refractivity contribution in [1.82, 2.24) is 10.6 Å². The average molecular weight is 325 g/mol. The maximum absolute atomic E-state index is 12.2. The number of hydrogen-bond donors (Lipinski definition) is 2. The smallest absolute Gasteiger partial charge is 0.252 e. The molecule has 1 aromatic carbocycles. The Hall–Kier alpha value is -0.870. The minimum Gasteiger partial charge on any atom is -0.351 e. The topological polar surface area (TPSA) is 41.1 Å². The third-order valence-electron chi connectivity index (χ3n) is 3.86. The van der Waals surface area contributed by atoms with Gasteiger partial charge in [-0.25, -0.2) is 0 Å². The van der Waals surface area contributed by atoms with Crippen LogP contribution in [0.25, 0.3) is 0 Å². The van der Waals surface area contributed by atoms with Gasteiger partial charge in [-0.2, -0.15) is 0 Å². The van der Waals surface area contributed by atoms with E-state index in [1.807, 2.05) is 25.1 Å². The summed E-state index contributed by atoms with van der Waals surface area (Å²) in [6.07, 6.45) is 2.23. The van der Waals surface area contributed by atoms with Crippen LogP contribution in [0, 0.1) is 12.3 Å². The van der Waals surface area contributed by atoms with Gasteiger partial charge in [0.1, 0.15) is 0 Å². The Labute approximate surface area is 123 Å². The van der Waals surface area contributed by atoms with Crippen LogP contribution in [0.5, 0.6) is 0 Å². The number of amides is 1. The van der Waals surface area contributed by atoms with Crippen molar-refractivity contribution in [3.05, 3.63) is 33.8 Å². The molecule has 1 heterocycles. The van der Waals surface area contributed by atoms with Crippen LogP contribution in [0.1, 0.15) is 35.7 Å². The zero-order chi connectivity index (χ0) is 13.9. The summed E-state index contributed by atoms with van der Waals surface area (Å²) in [6.45, 7) is 7.09. The molecule has 19 heavy (non-hydrogen) atoms. The molecule has 1 amide bonds. The highest BCUT2D eigenvalue weighted by molar-refractivity contribution is 9.10. The predicted octanol–water partition coefficient (Wildman–Crippen LogP) is 2.88. The first-order valence-electron chi connectivity index (χ1n) is 6.75. The Kier molecular flexibility index (Phi) is 4.63. The van der Waals surface area contributed by atoms with Crippen LogP contribution in [0.4, 0.5) is 0 Å². The lowest BCUT2D eigenvalue weighted by molar-refractivity contribution is 0.0921. The van der Waals surface area contributed by atoms with Crippen LogP contribution in [0.15, 0.2) is 22.7 Å². The van der Waals surface area contributed by atoms with Crippen molar-refractivity contribution in [2.24, 2.45) is 5.41 Å². The third-order valence-corrected chi connectivity index (χ3v) is 4.51. The molecule has 4 heteroatoms. The van der Waals surface area contributed by atoms with Crippen molar-refractivity contribution in [2.45, 2.75) is 26.7 Å². The van der Waals surface area contributed by atoms with Crippen molar-refractivity contribution >= 4 is 21.8 Å². The van der Waals surface area contributed by atoms with Crippen molar-refractivity contribution in [2.75, 3.05) is 19.6 Å². The van der Waals surface area contributed by atoms with E-state index in [-0.39, 0.29) is 11.3 Å². The Morgan fingerprint density at radius 1 is 1.42 bits per heavy atom. The standard InChI is InChI=1S/C15H21BrN2O/c1-11-3-4-12(13(16)9-11)14(19)18-10-15(2)5-7-17-8-6-15/h3-4,9,17H,5-8,10H2,1-2H3,(H,18,19). The summed E-state index contributed by atoms with van der Waals surface area (Å²) >= 11 is 3.46. The second kappa shape index (κ2) is 6.06. The van der Waals surface area contributed by atoms with Crippen LogP contribution in [-0.4, -0.2) is 25.5 Å². The lowest BCUT2D eigenvalue weighted by Crippen LogP contribution is -2.42. The first-order valence-corrected chi connectivity index (χ1v) is 7.55. The van der Waals surface area contributed by atoms with Crippen molar-refractivity contribution in [3.8, 4) is 0 Å². The largest absolute Gasteiger partial charge is 0.351 e. The van der Waals surface area contributed by atoms with Gasteiger partial charge in [0.05, 0.1) is 5.56 Å². The van der Waals surface area contributed by atoms with Crippen LogP contribution in [0.2, 0.25) is 0 Å². The summed E-state index contributed by atoms with van der Waals surface area (Å²) in [5, 5.41) is 6.43. The zero-order valence-corrected chi connectivity index (χ0v) is 13.1. The van der Waals surface area contributed by atoms with E-state index in [1.54, 1.807) is 0 Å². The molecule has 0 spiro atoms. The number of piperidine rings is 1. The van der Waals surface area contributed by atoms with Gasteiger partial charge in [-0.15, -0.1) is 0 Å². The molecule has 0 aliphatic carbocycles.